The molecule has 0 spiro atoms. The summed E-state index contributed by atoms with van der Waals surface area (Å²) in [5.74, 6) is -0.237. The summed E-state index contributed by atoms with van der Waals surface area (Å²) in [4.78, 5) is 26.5. The van der Waals surface area contributed by atoms with Crippen LogP contribution >= 0.6 is 11.8 Å². The quantitative estimate of drug-likeness (QED) is 0.385. The van der Waals surface area contributed by atoms with Gasteiger partial charge in [0.15, 0.2) is 0 Å². The first-order valence-electron chi connectivity index (χ1n) is 9.62. The Morgan fingerprint density at radius 2 is 1.53 bits per heavy atom. The SMILES string of the molecule is CCOc1ccccc1NC(=O)[C@@H](OC(=O)CSc1ccccc1)c1ccccc1. The van der Waals surface area contributed by atoms with Crippen molar-refractivity contribution >= 4 is 29.3 Å². The van der Waals surface area contributed by atoms with Gasteiger partial charge in [0, 0.05) is 10.5 Å². The van der Waals surface area contributed by atoms with Gasteiger partial charge in [-0.05, 0) is 31.2 Å². The van der Waals surface area contributed by atoms with Crippen LogP contribution in [0.2, 0.25) is 0 Å². The fourth-order valence-electron chi connectivity index (χ4n) is 2.77. The van der Waals surface area contributed by atoms with Crippen LogP contribution in [0.3, 0.4) is 0 Å². The van der Waals surface area contributed by atoms with Gasteiger partial charge in [0.2, 0.25) is 6.10 Å². The number of carbonyl (C=O) groups is 2. The minimum Gasteiger partial charge on any atom is -0.492 e. The molecule has 3 aromatic rings. The van der Waals surface area contributed by atoms with Crippen LogP contribution in [0.1, 0.15) is 18.6 Å². The summed E-state index contributed by atoms with van der Waals surface area (Å²) in [6, 6.07) is 25.7. The van der Waals surface area contributed by atoms with Crippen molar-refractivity contribution in [2.45, 2.75) is 17.9 Å². The maximum absolute atomic E-state index is 13.0. The molecule has 1 N–H and O–H groups in total. The van der Waals surface area contributed by atoms with Gasteiger partial charge in [-0.15, -0.1) is 11.8 Å². The third kappa shape index (κ3) is 6.12. The van der Waals surface area contributed by atoms with Crippen molar-refractivity contribution in [1.29, 1.82) is 0 Å². The average Bonchev–Trinajstić information content (AvgIpc) is 2.79. The van der Waals surface area contributed by atoms with Crippen molar-refractivity contribution in [2.24, 2.45) is 0 Å². The van der Waals surface area contributed by atoms with E-state index in [-0.39, 0.29) is 5.75 Å². The lowest BCUT2D eigenvalue weighted by Gasteiger charge is -2.19. The highest BCUT2D eigenvalue weighted by Gasteiger charge is 2.26. The van der Waals surface area contributed by atoms with E-state index in [2.05, 4.69) is 5.32 Å². The van der Waals surface area contributed by atoms with E-state index in [9.17, 15) is 9.59 Å². The van der Waals surface area contributed by atoms with Gasteiger partial charge in [-0.2, -0.15) is 0 Å². The van der Waals surface area contributed by atoms with E-state index in [1.54, 1.807) is 42.5 Å². The molecule has 0 aliphatic carbocycles. The van der Waals surface area contributed by atoms with Gasteiger partial charge in [0.1, 0.15) is 5.75 Å². The van der Waals surface area contributed by atoms with Gasteiger partial charge < -0.3 is 14.8 Å². The van der Waals surface area contributed by atoms with E-state index < -0.39 is 18.0 Å². The monoisotopic (exact) mass is 421 g/mol. The molecule has 3 aromatic carbocycles. The summed E-state index contributed by atoms with van der Waals surface area (Å²) in [5.41, 5.74) is 1.13. The van der Waals surface area contributed by atoms with Crippen molar-refractivity contribution < 1.29 is 19.1 Å². The van der Waals surface area contributed by atoms with Crippen LogP contribution in [0, 0.1) is 0 Å². The highest BCUT2D eigenvalue weighted by atomic mass is 32.2. The summed E-state index contributed by atoms with van der Waals surface area (Å²) in [6.07, 6.45) is -1.07. The Balaban J connectivity index is 1.72. The number of thioether (sulfide) groups is 1. The molecule has 0 fully saturated rings. The largest absolute Gasteiger partial charge is 0.492 e. The van der Waals surface area contributed by atoms with E-state index >= 15 is 0 Å². The Kier molecular flexibility index (Phi) is 7.92. The standard InChI is InChI=1S/C24H23NO4S/c1-2-28-21-16-10-9-15-20(21)25-24(27)23(18-11-5-3-6-12-18)29-22(26)17-30-19-13-7-4-8-14-19/h3-16,23H,2,17H2,1H3,(H,25,27)/t23-/m0/s1. The number of rotatable bonds is 9. The fourth-order valence-corrected chi connectivity index (χ4v) is 3.48. The van der Waals surface area contributed by atoms with Crippen LogP contribution < -0.4 is 10.1 Å². The fraction of sp³-hybridized carbons (Fsp3) is 0.167. The van der Waals surface area contributed by atoms with Crippen molar-refractivity contribution in [2.75, 3.05) is 17.7 Å². The third-order valence-corrected chi connectivity index (χ3v) is 5.12. The molecule has 154 valence electrons. The average molecular weight is 422 g/mol. The van der Waals surface area contributed by atoms with Crippen molar-refractivity contribution in [3.63, 3.8) is 0 Å². The summed E-state index contributed by atoms with van der Waals surface area (Å²) >= 11 is 1.36. The minimum absolute atomic E-state index is 0.107. The molecule has 0 heterocycles. The number of para-hydroxylation sites is 2. The molecule has 0 radical (unpaired) electrons. The maximum Gasteiger partial charge on any atom is 0.317 e. The predicted molar refractivity (Wildman–Crippen MR) is 119 cm³/mol. The Morgan fingerprint density at radius 1 is 0.900 bits per heavy atom. The molecule has 30 heavy (non-hydrogen) atoms. The number of benzene rings is 3. The van der Waals surface area contributed by atoms with Crippen LogP contribution in [0.4, 0.5) is 5.69 Å². The molecule has 6 heteroatoms. The number of hydrogen-bond donors (Lipinski definition) is 1. The van der Waals surface area contributed by atoms with Crippen molar-refractivity contribution in [3.05, 3.63) is 90.5 Å². The molecule has 0 saturated carbocycles. The molecule has 0 aliphatic heterocycles. The number of hydrogen-bond acceptors (Lipinski definition) is 5. The van der Waals surface area contributed by atoms with Crippen LogP contribution in [0.25, 0.3) is 0 Å². The Bertz CT molecular complexity index is 963. The molecule has 0 bridgehead atoms. The van der Waals surface area contributed by atoms with Crippen molar-refractivity contribution in [1.82, 2.24) is 0 Å². The van der Waals surface area contributed by atoms with Gasteiger partial charge in [-0.25, -0.2) is 0 Å². The second-order valence-corrected chi connectivity index (χ2v) is 7.35. The minimum atomic E-state index is -1.07. The molecule has 1 atom stereocenters. The summed E-state index contributed by atoms with van der Waals surface area (Å²) in [5, 5.41) is 2.83. The van der Waals surface area contributed by atoms with Gasteiger partial charge in [-0.3, -0.25) is 9.59 Å². The van der Waals surface area contributed by atoms with Crippen LogP contribution in [0.15, 0.2) is 89.8 Å². The topological polar surface area (TPSA) is 64.6 Å². The summed E-state index contributed by atoms with van der Waals surface area (Å²) in [7, 11) is 0. The first kappa shape index (κ1) is 21.5. The van der Waals surface area contributed by atoms with Crippen molar-refractivity contribution in [3.8, 4) is 5.75 Å². The second kappa shape index (κ2) is 11.1. The predicted octanol–water partition coefficient (Wildman–Crippen LogP) is 5.10. The second-order valence-electron chi connectivity index (χ2n) is 6.30. The normalized spacial score (nSPS) is 11.4. The Hall–Kier alpha value is -3.25. The molecular weight excluding hydrogens is 398 g/mol. The van der Waals surface area contributed by atoms with Gasteiger partial charge in [0.25, 0.3) is 5.91 Å². The van der Waals surface area contributed by atoms with Gasteiger partial charge in [0.05, 0.1) is 18.0 Å². The number of amides is 1. The molecule has 1 amide bonds. The van der Waals surface area contributed by atoms with Crippen LogP contribution in [0.5, 0.6) is 5.75 Å². The maximum atomic E-state index is 13.0. The first-order valence-corrected chi connectivity index (χ1v) is 10.6. The van der Waals surface area contributed by atoms with E-state index in [1.807, 2.05) is 49.4 Å². The highest BCUT2D eigenvalue weighted by Crippen LogP contribution is 2.27. The number of ether oxygens (including phenoxy) is 2. The molecule has 5 nitrogen and oxygen atoms in total. The third-order valence-electron chi connectivity index (χ3n) is 4.13. The zero-order valence-corrected chi connectivity index (χ0v) is 17.4. The van der Waals surface area contributed by atoms with E-state index in [0.29, 0.717) is 23.6 Å². The lowest BCUT2D eigenvalue weighted by Crippen LogP contribution is -2.26. The zero-order chi connectivity index (χ0) is 21.2. The molecule has 0 aromatic heterocycles. The van der Waals surface area contributed by atoms with Gasteiger partial charge in [-0.1, -0.05) is 60.7 Å². The van der Waals surface area contributed by atoms with E-state index in [0.717, 1.165) is 4.90 Å². The molecule has 3 rings (SSSR count). The number of esters is 1. The van der Waals surface area contributed by atoms with Crippen LogP contribution in [-0.2, 0) is 14.3 Å². The Labute approximate surface area is 180 Å². The van der Waals surface area contributed by atoms with E-state index in [4.69, 9.17) is 9.47 Å². The zero-order valence-electron chi connectivity index (χ0n) is 16.6. The number of anilines is 1. The van der Waals surface area contributed by atoms with Crippen LogP contribution in [-0.4, -0.2) is 24.2 Å². The smallest absolute Gasteiger partial charge is 0.317 e. The summed E-state index contributed by atoms with van der Waals surface area (Å²) in [6.45, 7) is 2.35. The number of nitrogens with one attached hydrogen (secondary N) is 1. The molecular formula is C24H23NO4S. The van der Waals surface area contributed by atoms with E-state index in [1.165, 1.54) is 11.8 Å². The lowest BCUT2D eigenvalue weighted by molar-refractivity contribution is -0.152. The lowest BCUT2D eigenvalue weighted by atomic mass is 10.1. The van der Waals surface area contributed by atoms with Gasteiger partial charge >= 0.3 is 5.97 Å². The highest BCUT2D eigenvalue weighted by molar-refractivity contribution is 8.00. The molecule has 0 unspecified atom stereocenters. The Morgan fingerprint density at radius 3 is 2.23 bits per heavy atom. The molecule has 0 saturated heterocycles. The molecule has 0 aliphatic rings. The summed E-state index contributed by atoms with van der Waals surface area (Å²) < 4.78 is 11.1. The first-order chi connectivity index (χ1) is 14.7. The number of carbonyl (C=O) groups excluding carboxylic acids is 2.